The standard InChI is InChI=1S/C30H34N6O6S/c37-17-30(18-38,19-39)26-15-27(34-42-26)33-28(40)31-21-6-4-20(5-7-21)23-16-36-24-9-8-22(14-25(24)43-29(36)32-23)41-13-12-35-10-2-1-3-11-35/h4-9,14-16,37-39H,1-3,10-13,17-19H2,(H2,31,33,34,40). The Morgan fingerprint density at radius 2 is 1.77 bits per heavy atom. The highest BCUT2D eigenvalue weighted by molar-refractivity contribution is 7.23. The molecule has 12 nitrogen and oxygen atoms in total. The number of urea groups is 1. The van der Waals surface area contributed by atoms with Crippen LogP contribution in [0.1, 0.15) is 25.0 Å². The van der Waals surface area contributed by atoms with Gasteiger partial charge in [0.25, 0.3) is 0 Å². The molecule has 2 amide bonds. The average molecular weight is 607 g/mol. The lowest BCUT2D eigenvalue weighted by Gasteiger charge is -2.26. The molecule has 0 bridgehead atoms. The quantitative estimate of drug-likeness (QED) is 0.150. The number of aliphatic hydroxyl groups excluding tert-OH is 3. The number of amides is 2. The third-order valence-electron chi connectivity index (χ3n) is 7.81. The summed E-state index contributed by atoms with van der Waals surface area (Å²) in [5.74, 6) is 1.01. The zero-order valence-electron chi connectivity index (χ0n) is 23.5. The van der Waals surface area contributed by atoms with Crippen molar-refractivity contribution in [2.75, 3.05) is 56.7 Å². The van der Waals surface area contributed by atoms with Gasteiger partial charge >= 0.3 is 6.03 Å². The second kappa shape index (κ2) is 12.7. The third kappa shape index (κ3) is 6.21. The van der Waals surface area contributed by atoms with Crippen LogP contribution >= 0.6 is 11.3 Å². The molecule has 226 valence electrons. The van der Waals surface area contributed by atoms with Gasteiger partial charge in [-0.25, -0.2) is 9.78 Å². The van der Waals surface area contributed by atoms with Gasteiger partial charge in [0.2, 0.25) is 0 Å². The molecule has 1 aliphatic heterocycles. The lowest BCUT2D eigenvalue weighted by Crippen LogP contribution is -2.38. The number of hydrogen-bond donors (Lipinski definition) is 5. The molecule has 4 heterocycles. The number of nitrogens with one attached hydrogen (secondary N) is 2. The van der Waals surface area contributed by atoms with Crippen LogP contribution in [0.3, 0.4) is 0 Å². The van der Waals surface area contributed by atoms with E-state index in [1.54, 1.807) is 23.5 Å². The summed E-state index contributed by atoms with van der Waals surface area (Å²) < 4.78 is 14.4. The Balaban J connectivity index is 1.07. The lowest BCUT2D eigenvalue weighted by atomic mass is 9.88. The van der Waals surface area contributed by atoms with Gasteiger partial charge in [0.1, 0.15) is 17.8 Å². The van der Waals surface area contributed by atoms with E-state index in [4.69, 9.17) is 14.2 Å². The first-order valence-electron chi connectivity index (χ1n) is 14.3. The van der Waals surface area contributed by atoms with Crippen molar-refractivity contribution in [3.63, 3.8) is 0 Å². The number of aromatic nitrogens is 3. The highest BCUT2D eigenvalue weighted by Gasteiger charge is 2.35. The molecule has 0 unspecified atom stereocenters. The maximum Gasteiger partial charge on any atom is 0.324 e. The Morgan fingerprint density at radius 1 is 1.00 bits per heavy atom. The summed E-state index contributed by atoms with van der Waals surface area (Å²) in [5, 5.41) is 37.6. The van der Waals surface area contributed by atoms with E-state index in [-0.39, 0.29) is 11.6 Å². The fourth-order valence-electron chi connectivity index (χ4n) is 5.16. The van der Waals surface area contributed by atoms with E-state index in [0.717, 1.165) is 38.7 Å². The first-order valence-corrected chi connectivity index (χ1v) is 15.1. The Bertz CT molecular complexity index is 1680. The van der Waals surface area contributed by atoms with Gasteiger partial charge in [-0.15, -0.1) is 0 Å². The van der Waals surface area contributed by atoms with Crippen molar-refractivity contribution in [3.05, 3.63) is 60.5 Å². The number of likely N-dealkylation sites (tertiary alicyclic amines) is 1. The second-order valence-electron chi connectivity index (χ2n) is 10.7. The molecular weight excluding hydrogens is 572 g/mol. The zero-order chi connectivity index (χ0) is 29.8. The number of fused-ring (bicyclic) bond motifs is 3. The maximum atomic E-state index is 12.5. The molecule has 43 heavy (non-hydrogen) atoms. The minimum atomic E-state index is -1.39. The molecule has 0 saturated carbocycles. The van der Waals surface area contributed by atoms with Crippen LogP contribution in [0.5, 0.6) is 5.75 Å². The number of rotatable bonds is 11. The van der Waals surface area contributed by atoms with Gasteiger partial charge in [-0.2, -0.15) is 0 Å². The summed E-state index contributed by atoms with van der Waals surface area (Å²) >= 11 is 1.61. The summed E-state index contributed by atoms with van der Waals surface area (Å²) in [6.45, 7) is 2.33. The van der Waals surface area contributed by atoms with Gasteiger partial charge < -0.3 is 29.9 Å². The highest BCUT2D eigenvalue weighted by Crippen LogP contribution is 2.32. The smallest absolute Gasteiger partial charge is 0.324 e. The number of thiazole rings is 1. The van der Waals surface area contributed by atoms with Crippen molar-refractivity contribution in [3.8, 4) is 17.0 Å². The summed E-state index contributed by atoms with van der Waals surface area (Å²) in [5.41, 5.74) is 1.96. The van der Waals surface area contributed by atoms with Crippen LogP contribution in [0.25, 0.3) is 26.4 Å². The molecule has 0 aliphatic carbocycles. The molecule has 1 aliphatic rings. The van der Waals surface area contributed by atoms with E-state index in [1.165, 1.54) is 38.4 Å². The zero-order valence-corrected chi connectivity index (χ0v) is 24.3. The van der Waals surface area contributed by atoms with E-state index in [9.17, 15) is 20.1 Å². The van der Waals surface area contributed by atoms with Crippen molar-refractivity contribution in [2.24, 2.45) is 0 Å². The van der Waals surface area contributed by atoms with E-state index in [1.807, 2.05) is 24.4 Å². The van der Waals surface area contributed by atoms with Crippen LogP contribution in [-0.4, -0.2) is 86.9 Å². The van der Waals surface area contributed by atoms with Crippen molar-refractivity contribution in [1.29, 1.82) is 0 Å². The molecule has 2 aromatic carbocycles. The normalized spacial score (nSPS) is 14.4. The maximum absolute atomic E-state index is 12.5. The summed E-state index contributed by atoms with van der Waals surface area (Å²) in [6, 6.07) is 14.3. The Hall–Kier alpha value is -4.01. The predicted octanol–water partition coefficient (Wildman–Crippen LogP) is 3.93. The SMILES string of the molecule is O=C(Nc1ccc(-c2cn3c(n2)sc2cc(OCCN4CCCCC4)ccc23)cc1)Nc1cc(C(CO)(CO)CO)on1. The molecule has 5 aromatic rings. The predicted molar refractivity (Wildman–Crippen MR) is 164 cm³/mol. The molecule has 0 spiro atoms. The Kier molecular flexibility index (Phi) is 8.58. The number of benzene rings is 2. The highest BCUT2D eigenvalue weighted by atomic mass is 32.1. The molecule has 0 radical (unpaired) electrons. The molecule has 1 saturated heterocycles. The van der Waals surface area contributed by atoms with Crippen LogP contribution < -0.4 is 15.4 Å². The second-order valence-corrected chi connectivity index (χ2v) is 11.8. The van der Waals surface area contributed by atoms with Crippen LogP contribution in [0.4, 0.5) is 16.3 Å². The third-order valence-corrected chi connectivity index (χ3v) is 8.83. The topological polar surface area (TPSA) is 158 Å². The van der Waals surface area contributed by atoms with E-state index < -0.39 is 31.3 Å². The van der Waals surface area contributed by atoms with Crippen LogP contribution in [0, 0.1) is 0 Å². The number of piperidine rings is 1. The van der Waals surface area contributed by atoms with Crippen molar-refractivity contribution in [2.45, 2.75) is 24.7 Å². The molecule has 0 atom stereocenters. The molecule has 13 heteroatoms. The molecule has 6 rings (SSSR count). The number of ether oxygens (including phenoxy) is 1. The minimum absolute atomic E-state index is 0.0596. The first kappa shape index (κ1) is 29.1. The number of imidazole rings is 1. The van der Waals surface area contributed by atoms with Crippen molar-refractivity contribution < 1.29 is 29.4 Å². The van der Waals surface area contributed by atoms with Crippen molar-refractivity contribution in [1.82, 2.24) is 19.4 Å². The Labute approximate surface area is 251 Å². The fourth-order valence-corrected chi connectivity index (χ4v) is 6.19. The summed E-state index contributed by atoms with van der Waals surface area (Å²) in [7, 11) is 0. The van der Waals surface area contributed by atoms with Gasteiger partial charge in [-0.3, -0.25) is 14.6 Å². The number of hydrogen-bond acceptors (Lipinski definition) is 10. The minimum Gasteiger partial charge on any atom is -0.492 e. The van der Waals surface area contributed by atoms with Gasteiger partial charge in [0.05, 0.1) is 35.7 Å². The fraction of sp³-hybridized carbons (Fsp3) is 0.367. The lowest BCUT2D eigenvalue weighted by molar-refractivity contribution is 0.0455. The average Bonchev–Trinajstić information content (AvgIpc) is 3.75. The number of carbonyl (C=O) groups is 1. The largest absolute Gasteiger partial charge is 0.492 e. The van der Waals surface area contributed by atoms with Gasteiger partial charge in [-0.1, -0.05) is 35.0 Å². The van der Waals surface area contributed by atoms with E-state index >= 15 is 0 Å². The number of aliphatic hydroxyl groups is 3. The van der Waals surface area contributed by atoms with Gasteiger partial charge in [0, 0.05) is 30.1 Å². The molecule has 5 N–H and O–H groups in total. The number of nitrogens with zero attached hydrogens (tertiary/aromatic N) is 4. The summed E-state index contributed by atoms with van der Waals surface area (Å²) in [4.78, 5) is 20.7. The van der Waals surface area contributed by atoms with Crippen molar-refractivity contribution >= 4 is 44.1 Å². The first-order chi connectivity index (χ1) is 21.0. The molecule has 3 aromatic heterocycles. The number of carbonyl (C=O) groups excluding carboxylic acids is 1. The van der Waals surface area contributed by atoms with E-state index in [0.29, 0.717) is 12.3 Å². The van der Waals surface area contributed by atoms with Crippen LogP contribution in [0.15, 0.2) is 59.3 Å². The Morgan fingerprint density at radius 3 is 2.51 bits per heavy atom. The molecular formula is C30H34N6O6S. The monoisotopic (exact) mass is 606 g/mol. The molecule has 1 fully saturated rings. The summed E-state index contributed by atoms with van der Waals surface area (Å²) in [6.07, 6.45) is 5.90. The van der Waals surface area contributed by atoms with E-state index in [2.05, 4.69) is 37.2 Å². The van der Waals surface area contributed by atoms with Crippen LogP contribution in [0.2, 0.25) is 0 Å². The van der Waals surface area contributed by atoms with Gasteiger partial charge in [-0.05, 0) is 56.3 Å². The van der Waals surface area contributed by atoms with Gasteiger partial charge in [0.15, 0.2) is 16.5 Å². The number of anilines is 2. The van der Waals surface area contributed by atoms with Crippen LogP contribution in [-0.2, 0) is 5.41 Å².